The molecule has 6 nitrogen and oxygen atoms in total. The summed E-state index contributed by atoms with van der Waals surface area (Å²) in [7, 11) is 0. The molecule has 3 aromatic carbocycles. The molecule has 2 heterocycles. The molecule has 1 N–H and O–H groups in total. The molecule has 3 aromatic rings. The number of carbonyl (C=O) groups is 1. The van der Waals surface area contributed by atoms with E-state index in [1.807, 2.05) is 0 Å². The molecule has 2 aliphatic rings. The fraction of sp³-hybridized carbons (Fsp3) is 0.0476. The average Bonchev–Trinajstić information content (AvgIpc) is 3.15. The lowest BCUT2D eigenvalue weighted by Crippen LogP contribution is -2.25. The number of nitrogens with zero attached hydrogens (tertiary/aromatic N) is 2. The summed E-state index contributed by atoms with van der Waals surface area (Å²) in [6.45, 7) is 0. The predicted molar refractivity (Wildman–Crippen MR) is 101 cm³/mol. The van der Waals surface area contributed by atoms with Gasteiger partial charge in [0.25, 0.3) is 5.91 Å². The second-order valence-electron chi connectivity index (χ2n) is 6.43. The number of ether oxygens (including phenoxy) is 2. The van der Waals surface area contributed by atoms with Crippen LogP contribution in [0.1, 0.15) is 5.56 Å². The maximum Gasteiger partial charge on any atom is 0.586 e. The summed E-state index contributed by atoms with van der Waals surface area (Å²) < 4.78 is 35.3. The third-order valence-electron chi connectivity index (χ3n) is 4.54. The van der Waals surface area contributed by atoms with Crippen molar-refractivity contribution in [3.05, 3.63) is 72.3 Å². The minimum absolute atomic E-state index is 0.0831. The van der Waals surface area contributed by atoms with Gasteiger partial charge in [-0.15, -0.1) is 8.78 Å². The zero-order valence-electron chi connectivity index (χ0n) is 14.7. The number of aromatic hydroxyl groups is 1. The van der Waals surface area contributed by atoms with Gasteiger partial charge in [-0.1, -0.05) is 18.2 Å². The molecule has 0 aromatic heterocycles. The number of benzene rings is 3. The summed E-state index contributed by atoms with van der Waals surface area (Å²) in [4.78, 5) is 19.0. The zero-order chi connectivity index (χ0) is 20.2. The van der Waals surface area contributed by atoms with Crippen LogP contribution in [0.3, 0.4) is 0 Å². The van der Waals surface area contributed by atoms with Crippen molar-refractivity contribution in [3.8, 4) is 17.2 Å². The van der Waals surface area contributed by atoms with Crippen LogP contribution in [0.25, 0.3) is 0 Å². The molecule has 0 spiro atoms. The predicted octanol–water partition coefficient (Wildman–Crippen LogP) is 4.51. The van der Waals surface area contributed by atoms with Crippen molar-refractivity contribution >= 4 is 28.7 Å². The van der Waals surface area contributed by atoms with Crippen molar-refractivity contribution in [1.82, 2.24) is 0 Å². The summed E-state index contributed by atoms with van der Waals surface area (Å²) in [6, 6.07) is 17.4. The van der Waals surface area contributed by atoms with E-state index >= 15 is 0 Å². The van der Waals surface area contributed by atoms with Crippen molar-refractivity contribution in [1.29, 1.82) is 0 Å². The monoisotopic (exact) mass is 394 g/mol. The highest BCUT2D eigenvalue weighted by Gasteiger charge is 2.43. The Morgan fingerprint density at radius 3 is 2.45 bits per heavy atom. The van der Waals surface area contributed by atoms with Crippen molar-refractivity contribution in [2.24, 2.45) is 4.99 Å². The van der Waals surface area contributed by atoms with Gasteiger partial charge in [-0.3, -0.25) is 9.69 Å². The molecule has 2 aliphatic heterocycles. The Hall–Kier alpha value is -3.94. The lowest BCUT2D eigenvalue weighted by Gasteiger charge is -2.16. The maximum atomic E-state index is 13.2. The summed E-state index contributed by atoms with van der Waals surface area (Å²) in [5.41, 5.74) is 2.24. The van der Waals surface area contributed by atoms with Gasteiger partial charge in [0.15, 0.2) is 11.5 Å². The Balaban J connectivity index is 1.58. The van der Waals surface area contributed by atoms with E-state index in [1.54, 1.807) is 36.4 Å². The van der Waals surface area contributed by atoms with Crippen LogP contribution in [0.15, 0.2) is 71.7 Å². The first-order valence-corrected chi connectivity index (χ1v) is 8.63. The summed E-state index contributed by atoms with van der Waals surface area (Å²) >= 11 is 0. The highest BCUT2D eigenvalue weighted by Crippen LogP contribution is 2.43. The van der Waals surface area contributed by atoms with Gasteiger partial charge in [-0.05, 0) is 42.5 Å². The first-order valence-electron chi connectivity index (χ1n) is 8.63. The number of phenols is 1. The lowest BCUT2D eigenvalue weighted by atomic mass is 10.1. The van der Waals surface area contributed by atoms with Crippen molar-refractivity contribution in [3.63, 3.8) is 0 Å². The largest absolute Gasteiger partial charge is 0.586 e. The first-order chi connectivity index (χ1) is 13.9. The number of alkyl halides is 2. The molecule has 144 valence electrons. The summed E-state index contributed by atoms with van der Waals surface area (Å²) in [5.74, 6) is -0.534. The van der Waals surface area contributed by atoms with Gasteiger partial charge < -0.3 is 14.6 Å². The Bertz CT molecular complexity index is 1180. The van der Waals surface area contributed by atoms with E-state index < -0.39 is 6.29 Å². The van der Waals surface area contributed by atoms with Gasteiger partial charge in [-0.2, -0.15) is 0 Å². The number of hydrogen-bond acceptors (Lipinski definition) is 5. The molecule has 0 saturated carbocycles. The first kappa shape index (κ1) is 17.2. The number of halogens is 2. The highest BCUT2D eigenvalue weighted by atomic mass is 19.3. The number of anilines is 2. The van der Waals surface area contributed by atoms with Crippen LogP contribution < -0.4 is 14.4 Å². The van der Waals surface area contributed by atoms with Crippen LogP contribution in [0.2, 0.25) is 0 Å². The Morgan fingerprint density at radius 2 is 1.66 bits per heavy atom. The molecule has 0 aliphatic carbocycles. The summed E-state index contributed by atoms with van der Waals surface area (Å²) in [6.07, 6.45) is -3.72. The van der Waals surface area contributed by atoms with Crippen LogP contribution in [0.4, 0.5) is 25.8 Å². The van der Waals surface area contributed by atoms with Crippen LogP contribution >= 0.6 is 0 Å². The smallest absolute Gasteiger partial charge is 0.508 e. The Morgan fingerprint density at radius 1 is 0.931 bits per heavy atom. The van der Waals surface area contributed by atoms with Gasteiger partial charge in [0, 0.05) is 17.3 Å². The topological polar surface area (TPSA) is 71.4 Å². The normalized spacial score (nSPS) is 17.7. The van der Waals surface area contributed by atoms with Crippen molar-refractivity contribution in [2.45, 2.75) is 6.29 Å². The Kier molecular flexibility index (Phi) is 3.57. The number of fused-ring (bicyclic) bond motifs is 2. The second-order valence-corrected chi connectivity index (χ2v) is 6.43. The number of phenolic OH excluding ortho intramolecular Hbond substituents is 1. The molecule has 29 heavy (non-hydrogen) atoms. The molecular formula is C21H12F2N2O4. The molecule has 0 radical (unpaired) electrons. The molecule has 1 amide bonds. The lowest BCUT2D eigenvalue weighted by molar-refractivity contribution is -0.286. The van der Waals surface area contributed by atoms with E-state index in [4.69, 9.17) is 0 Å². The van der Waals surface area contributed by atoms with E-state index in [0.29, 0.717) is 16.9 Å². The SMILES string of the molecule is O=C1/C(=N\c2ccc3c(c2)OC(F)(F)O3)c2ccccc2N1c1ccc(O)cc1. The Labute approximate surface area is 163 Å². The molecule has 0 unspecified atom stereocenters. The summed E-state index contributed by atoms with van der Waals surface area (Å²) in [5, 5.41) is 9.52. The number of carbonyl (C=O) groups excluding carboxylic acids is 1. The van der Waals surface area contributed by atoms with Gasteiger partial charge >= 0.3 is 6.29 Å². The molecule has 5 rings (SSSR count). The number of hydrogen-bond donors (Lipinski definition) is 1. The molecule has 0 bridgehead atoms. The van der Waals surface area contributed by atoms with E-state index in [2.05, 4.69) is 14.5 Å². The van der Waals surface area contributed by atoms with Crippen molar-refractivity contribution < 1.29 is 28.2 Å². The molecule has 0 atom stereocenters. The quantitative estimate of drug-likeness (QED) is 0.694. The van der Waals surface area contributed by atoms with E-state index in [-0.39, 0.29) is 34.6 Å². The van der Waals surface area contributed by atoms with E-state index in [0.717, 1.165) is 0 Å². The van der Waals surface area contributed by atoms with Gasteiger partial charge in [0.05, 0.1) is 11.4 Å². The molecule has 0 fully saturated rings. The fourth-order valence-corrected chi connectivity index (χ4v) is 3.30. The maximum absolute atomic E-state index is 13.2. The van der Waals surface area contributed by atoms with Crippen molar-refractivity contribution in [2.75, 3.05) is 4.90 Å². The number of rotatable bonds is 2. The zero-order valence-corrected chi connectivity index (χ0v) is 14.7. The number of para-hydroxylation sites is 1. The van der Waals surface area contributed by atoms with Crippen LogP contribution in [0.5, 0.6) is 17.2 Å². The average molecular weight is 394 g/mol. The van der Waals surface area contributed by atoms with Gasteiger partial charge in [0.1, 0.15) is 11.5 Å². The molecular weight excluding hydrogens is 382 g/mol. The highest BCUT2D eigenvalue weighted by molar-refractivity contribution is 6.56. The van der Waals surface area contributed by atoms with Gasteiger partial charge in [0.2, 0.25) is 0 Å². The van der Waals surface area contributed by atoms with Crippen LogP contribution in [-0.4, -0.2) is 23.0 Å². The third-order valence-corrected chi connectivity index (χ3v) is 4.54. The molecule has 8 heteroatoms. The minimum Gasteiger partial charge on any atom is -0.508 e. The third kappa shape index (κ3) is 2.85. The van der Waals surface area contributed by atoms with Crippen LogP contribution in [-0.2, 0) is 4.79 Å². The fourth-order valence-electron chi connectivity index (χ4n) is 3.30. The van der Waals surface area contributed by atoms with E-state index in [1.165, 1.54) is 35.2 Å². The standard InChI is InChI=1S/C21H12F2N2O4/c22-21(23)28-17-10-5-12(11-18(17)29-21)24-19-15-3-1-2-4-16(15)25(20(19)27)13-6-8-14(26)9-7-13/h1-11,26H/b24-19-. The minimum atomic E-state index is -3.72. The van der Waals surface area contributed by atoms with Gasteiger partial charge in [-0.25, -0.2) is 4.99 Å². The molecule has 0 saturated heterocycles. The van der Waals surface area contributed by atoms with Crippen LogP contribution in [0, 0.1) is 0 Å². The second kappa shape index (κ2) is 6.03. The number of aliphatic imine (C=N–C) groups is 1. The number of amides is 1. The van der Waals surface area contributed by atoms with E-state index in [9.17, 15) is 18.7 Å².